The normalized spacial score (nSPS) is 12.9. The van der Waals surface area contributed by atoms with Crippen LogP contribution < -0.4 is 5.73 Å². The van der Waals surface area contributed by atoms with Crippen LogP contribution in [0.5, 0.6) is 0 Å². The highest BCUT2D eigenvalue weighted by atomic mass is 35.5. The molecule has 2 N–H and O–H groups in total. The molecule has 0 fully saturated rings. The maximum Gasteiger partial charge on any atom is 0.240 e. The minimum Gasteiger partial charge on any atom is -0.368 e. The molecule has 1 amide bonds. The van der Waals surface area contributed by atoms with Crippen molar-refractivity contribution >= 4 is 28.8 Å². The molecular formula is C7H8ClNOS. The van der Waals surface area contributed by atoms with Gasteiger partial charge in [-0.1, -0.05) is 0 Å². The van der Waals surface area contributed by atoms with Crippen molar-refractivity contribution in [2.45, 2.75) is 12.3 Å². The van der Waals surface area contributed by atoms with E-state index in [9.17, 15) is 4.79 Å². The molecule has 11 heavy (non-hydrogen) atoms. The van der Waals surface area contributed by atoms with E-state index in [4.69, 9.17) is 17.3 Å². The lowest BCUT2D eigenvalue weighted by Gasteiger charge is -2.02. The van der Waals surface area contributed by atoms with Gasteiger partial charge < -0.3 is 5.73 Å². The number of halogens is 1. The first kappa shape index (κ1) is 8.56. The van der Waals surface area contributed by atoms with Crippen molar-refractivity contribution in [2.75, 3.05) is 0 Å². The summed E-state index contributed by atoms with van der Waals surface area (Å²) in [5.74, 6) is -0.489. The third-order valence-electron chi connectivity index (χ3n) is 1.38. The lowest BCUT2D eigenvalue weighted by atomic mass is 10.2. The number of aryl methyl sites for hydroxylation is 1. The van der Waals surface area contributed by atoms with Gasteiger partial charge in [0.15, 0.2) is 0 Å². The fraction of sp³-hybridized carbons (Fsp3) is 0.286. The molecule has 0 spiro atoms. The van der Waals surface area contributed by atoms with Gasteiger partial charge >= 0.3 is 0 Å². The zero-order chi connectivity index (χ0) is 8.43. The molecule has 1 aromatic heterocycles. The van der Waals surface area contributed by atoms with Crippen LogP contribution in [0, 0.1) is 6.92 Å². The molecule has 1 rings (SSSR count). The molecule has 2 nitrogen and oxygen atoms in total. The first-order valence-corrected chi connectivity index (χ1v) is 4.42. The Balaban J connectivity index is 2.92. The van der Waals surface area contributed by atoms with Gasteiger partial charge in [0.1, 0.15) is 5.38 Å². The predicted octanol–water partition coefficient (Wildman–Crippen LogP) is 1.82. The van der Waals surface area contributed by atoms with Gasteiger partial charge in [-0.05, 0) is 23.9 Å². The van der Waals surface area contributed by atoms with E-state index in [-0.39, 0.29) is 0 Å². The van der Waals surface area contributed by atoms with Gasteiger partial charge in [0, 0.05) is 4.88 Å². The van der Waals surface area contributed by atoms with Crippen molar-refractivity contribution in [1.29, 1.82) is 0 Å². The zero-order valence-corrected chi connectivity index (χ0v) is 7.58. The monoisotopic (exact) mass is 189 g/mol. The molecular weight excluding hydrogens is 182 g/mol. The van der Waals surface area contributed by atoms with E-state index in [1.54, 1.807) is 0 Å². The third-order valence-corrected chi connectivity index (χ3v) is 3.03. The summed E-state index contributed by atoms with van der Waals surface area (Å²) >= 11 is 7.18. The minimum absolute atomic E-state index is 0.489. The highest BCUT2D eigenvalue weighted by Crippen LogP contribution is 2.28. The molecule has 0 aliphatic carbocycles. The Kier molecular flexibility index (Phi) is 2.52. The lowest BCUT2D eigenvalue weighted by molar-refractivity contribution is -0.117. The Morgan fingerprint density at radius 3 is 2.82 bits per heavy atom. The van der Waals surface area contributed by atoms with Gasteiger partial charge in [-0.15, -0.1) is 22.9 Å². The van der Waals surface area contributed by atoms with E-state index in [1.807, 2.05) is 18.4 Å². The van der Waals surface area contributed by atoms with Crippen molar-refractivity contribution in [3.05, 3.63) is 21.9 Å². The lowest BCUT2D eigenvalue weighted by Crippen LogP contribution is -2.16. The number of carbonyl (C=O) groups is 1. The van der Waals surface area contributed by atoms with Gasteiger partial charge in [0.25, 0.3) is 0 Å². The first-order chi connectivity index (χ1) is 5.13. The number of primary amides is 1. The average Bonchev–Trinajstić information content (AvgIpc) is 2.33. The van der Waals surface area contributed by atoms with Gasteiger partial charge in [0.05, 0.1) is 0 Å². The standard InChI is InChI=1S/C7H8ClNOS/c1-4-2-3-11-6(4)5(8)7(9)10/h2-3,5H,1H3,(H2,9,10). The maximum absolute atomic E-state index is 10.6. The Morgan fingerprint density at radius 1 is 1.82 bits per heavy atom. The Bertz CT molecular complexity index is 271. The van der Waals surface area contributed by atoms with Crippen LogP contribution in [-0.2, 0) is 4.79 Å². The molecule has 1 unspecified atom stereocenters. The van der Waals surface area contributed by atoms with E-state index in [0.717, 1.165) is 10.4 Å². The first-order valence-electron chi connectivity index (χ1n) is 3.10. The van der Waals surface area contributed by atoms with Crippen LogP contribution in [-0.4, -0.2) is 5.91 Å². The van der Waals surface area contributed by atoms with Crippen molar-refractivity contribution < 1.29 is 4.79 Å². The Hall–Kier alpha value is -0.540. The van der Waals surface area contributed by atoms with Crippen LogP contribution in [0.3, 0.4) is 0 Å². The van der Waals surface area contributed by atoms with E-state index in [0.29, 0.717) is 0 Å². The Morgan fingerprint density at radius 2 is 2.45 bits per heavy atom. The summed E-state index contributed by atoms with van der Waals surface area (Å²) in [6, 6.07) is 1.92. The summed E-state index contributed by atoms with van der Waals surface area (Å²) in [4.78, 5) is 11.5. The molecule has 4 heteroatoms. The number of thiophene rings is 1. The number of alkyl halides is 1. The number of carbonyl (C=O) groups excluding carboxylic acids is 1. The van der Waals surface area contributed by atoms with Crippen molar-refractivity contribution in [2.24, 2.45) is 5.73 Å². The largest absolute Gasteiger partial charge is 0.368 e. The maximum atomic E-state index is 10.6. The van der Waals surface area contributed by atoms with E-state index in [1.165, 1.54) is 11.3 Å². The van der Waals surface area contributed by atoms with Gasteiger partial charge in [-0.2, -0.15) is 0 Å². The topological polar surface area (TPSA) is 43.1 Å². The van der Waals surface area contributed by atoms with Crippen LogP contribution in [0.1, 0.15) is 15.8 Å². The van der Waals surface area contributed by atoms with Crippen LogP contribution in [0.15, 0.2) is 11.4 Å². The number of amides is 1. The quantitative estimate of drug-likeness (QED) is 0.709. The van der Waals surface area contributed by atoms with E-state index in [2.05, 4.69) is 0 Å². The SMILES string of the molecule is Cc1ccsc1C(Cl)C(N)=O. The molecule has 0 saturated heterocycles. The van der Waals surface area contributed by atoms with Crippen molar-refractivity contribution in [3.8, 4) is 0 Å². The third kappa shape index (κ3) is 1.73. The number of rotatable bonds is 2. The fourth-order valence-electron chi connectivity index (χ4n) is 0.773. The summed E-state index contributed by atoms with van der Waals surface area (Å²) in [7, 11) is 0. The molecule has 1 heterocycles. The molecule has 0 saturated carbocycles. The molecule has 1 aromatic rings. The van der Waals surface area contributed by atoms with Crippen molar-refractivity contribution in [3.63, 3.8) is 0 Å². The number of hydrogen-bond donors (Lipinski definition) is 1. The molecule has 1 atom stereocenters. The summed E-state index contributed by atoms with van der Waals surface area (Å²) in [6.07, 6.45) is 0. The molecule has 0 aliphatic rings. The molecule has 0 aromatic carbocycles. The highest BCUT2D eigenvalue weighted by molar-refractivity contribution is 7.10. The second kappa shape index (κ2) is 3.24. The minimum atomic E-state index is -0.671. The van der Waals surface area contributed by atoms with Gasteiger partial charge in [-0.3, -0.25) is 4.79 Å². The predicted molar refractivity (Wildman–Crippen MR) is 46.8 cm³/mol. The second-order valence-corrected chi connectivity index (χ2v) is 3.62. The summed E-state index contributed by atoms with van der Waals surface area (Å²) < 4.78 is 0. The summed E-state index contributed by atoms with van der Waals surface area (Å²) in [5.41, 5.74) is 6.05. The van der Waals surface area contributed by atoms with E-state index >= 15 is 0 Å². The molecule has 0 radical (unpaired) electrons. The molecule has 60 valence electrons. The highest BCUT2D eigenvalue weighted by Gasteiger charge is 2.16. The van der Waals surface area contributed by atoms with Crippen molar-refractivity contribution in [1.82, 2.24) is 0 Å². The summed E-state index contributed by atoms with van der Waals surface area (Å²) in [6.45, 7) is 1.91. The van der Waals surface area contributed by atoms with Crippen LogP contribution in [0.2, 0.25) is 0 Å². The molecule has 0 aliphatic heterocycles. The smallest absolute Gasteiger partial charge is 0.240 e. The Labute approximate surface area is 74.0 Å². The average molecular weight is 190 g/mol. The number of hydrogen-bond acceptors (Lipinski definition) is 2. The second-order valence-electron chi connectivity index (χ2n) is 2.23. The van der Waals surface area contributed by atoms with Crippen LogP contribution in [0.25, 0.3) is 0 Å². The number of nitrogens with two attached hydrogens (primary N) is 1. The fourth-order valence-corrected chi connectivity index (χ4v) is 2.01. The van der Waals surface area contributed by atoms with Crippen LogP contribution in [0.4, 0.5) is 0 Å². The van der Waals surface area contributed by atoms with Gasteiger partial charge in [-0.25, -0.2) is 0 Å². The molecule has 0 bridgehead atoms. The summed E-state index contributed by atoms with van der Waals surface area (Å²) in [5, 5.41) is 1.22. The van der Waals surface area contributed by atoms with Crippen LogP contribution >= 0.6 is 22.9 Å². The van der Waals surface area contributed by atoms with E-state index < -0.39 is 11.3 Å². The van der Waals surface area contributed by atoms with Gasteiger partial charge in [0.2, 0.25) is 5.91 Å². The zero-order valence-electron chi connectivity index (χ0n) is 6.00.